The molecule has 0 unspecified atom stereocenters. The number of hydrogen-bond acceptors (Lipinski definition) is 3. The molecule has 1 heterocycles. The molecule has 0 aliphatic carbocycles. The van der Waals surface area contributed by atoms with Crippen molar-refractivity contribution in [3.63, 3.8) is 0 Å². The molecular weight excluding hydrogens is 469 g/mol. The first-order valence-corrected chi connectivity index (χ1v) is 8.86. The average molecular weight is 493 g/mol. The van der Waals surface area contributed by atoms with E-state index < -0.39 is 0 Å². The minimum atomic E-state index is -0.351. The molecule has 3 N–H and O–H groups in total. The van der Waals surface area contributed by atoms with Crippen LogP contribution in [0, 0.1) is 6.92 Å². The zero-order chi connectivity index (χ0) is 19.1. The summed E-state index contributed by atoms with van der Waals surface area (Å²) in [5.41, 5.74) is 3.21. The predicted molar refractivity (Wildman–Crippen MR) is 121 cm³/mol. The van der Waals surface area contributed by atoms with Gasteiger partial charge in [-0.05, 0) is 24.6 Å². The van der Waals surface area contributed by atoms with Gasteiger partial charge in [0.15, 0.2) is 5.96 Å². The Morgan fingerprint density at radius 1 is 1.11 bits per heavy atom. The molecular formula is C20H24IN5O2. The summed E-state index contributed by atoms with van der Waals surface area (Å²) in [5.74, 6) is 0.379. The summed E-state index contributed by atoms with van der Waals surface area (Å²) in [5, 5.41) is 8.94. The van der Waals surface area contributed by atoms with Gasteiger partial charge in [-0.1, -0.05) is 48.0 Å². The zero-order valence-corrected chi connectivity index (χ0v) is 18.0. The number of nitrogens with zero attached hydrogens (tertiary/aromatic N) is 2. The lowest BCUT2D eigenvalue weighted by molar-refractivity contribution is -0.124. The Hall–Kier alpha value is -2.62. The Labute approximate surface area is 181 Å². The number of nitrogens with one attached hydrogen (secondary N) is 3. The van der Waals surface area contributed by atoms with Gasteiger partial charge in [-0.15, -0.1) is 24.0 Å². The zero-order valence-electron chi connectivity index (χ0n) is 15.6. The van der Waals surface area contributed by atoms with Gasteiger partial charge < -0.3 is 16.0 Å². The number of aryl methyl sites for hydroxylation is 1. The number of halogens is 1. The summed E-state index contributed by atoms with van der Waals surface area (Å²) < 4.78 is 0. The standard InChI is InChI=1S/C20H23N5O2.HI/c1-15-7-9-16(10-8-15)13-22-19(24-17-5-3-2-4-6-17)21-11-12-25-18(26)14-23-20(25)27;/h2-10H,11-14H2,1H3,(H,23,27)(H2,21,22,24);1H. The maximum absolute atomic E-state index is 11.7. The van der Waals surface area contributed by atoms with Crippen LogP contribution < -0.4 is 16.0 Å². The van der Waals surface area contributed by atoms with Gasteiger partial charge in [0.25, 0.3) is 0 Å². The second kappa shape index (κ2) is 10.6. The molecule has 1 saturated heterocycles. The van der Waals surface area contributed by atoms with E-state index in [9.17, 15) is 9.59 Å². The van der Waals surface area contributed by atoms with Crippen molar-refractivity contribution in [1.29, 1.82) is 0 Å². The fraction of sp³-hybridized carbons (Fsp3) is 0.250. The molecule has 28 heavy (non-hydrogen) atoms. The Kier molecular flexibility index (Phi) is 8.24. The van der Waals surface area contributed by atoms with Crippen LogP contribution in [0.5, 0.6) is 0 Å². The molecule has 2 aromatic rings. The van der Waals surface area contributed by atoms with Crippen LogP contribution in [0.25, 0.3) is 0 Å². The molecule has 1 aliphatic rings. The SMILES string of the molecule is Cc1ccc(CN=C(NCCN2C(=O)CNC2=O)Nc2ccccc2)cc1.I. The fourth-order valence-electron chi connectivity index (χ4n) is 2.63. The van der Waals surface area contributed by atoms with Crippen LogP contribution in [0.2, 0.25) is 0 Å². The van der Waals surface area contributed by atoms with Gasteiger partial charge in [0.2, 0.25) is 5.91 Å². The van der Waals surface area contributed by atoms with Crippen molar-refractivity contribution in [2.24, 2.45) is 4.99 Å². The first-order valence-electron chi connectivity index (χ1n) is 8.86. The number of para-hydroxylation sites is 1. The van der Waals surface area contributed by atoms with Gasteiger partial charge in [-0.25, -0.2) is 9.79 Å². The highest BCUT2D eigenvalue weighted by Gasteiger charge is 2.27. The van der Waals surface area contributed by atoms with Crippen LogP contribution in [-0.2, 0) is 11.3 Å². The van der Waals surface area contributed by atoms with Crippen molar-refractivity contribution >= 4 is 47.6 Å². The quantitative estimate of drug-likeness (QED) is 0.250. The number of aliphatic imine (C=N–C) groups is 1. The van der Waals surface area contributed by atoms with E-state index in [1.165, 1.54) is 10.5 Å². The van der Waals surface area contributed by atoms with Crippen LogP contribution >= 0.6 is 24.0 Å². The lowest BCUT2D eigenvalue weighted by Gasteiger charge is -2.16. The molecule has 0 spiro atoms. The number of anilines is 1. The maximum atomic E-state index is 11.7. The summed E-state index contributed by atoms with van der Waals surface area (Å²) >= 11 is 0. The van der Waals surface area contributed by atoms with Crippen molar-refractivity contribution in [3.05, 3.63) is 65.7 Å². The summed E-state index contributed by atoms with van der Waals surface area (Å²) in [7, 11) is 0. The summed E-state index contributed by atoms with van der Waals surface area (Å²) in [6, 6.07) is 17.6. The molecule has 1 fully saturated rings. The molecule has 148 valence electrons. The number of guanidine groups is 1. The van der Waals surface area contributed by atoms with E-state index in [0.29, 0.717) is 19.0 Å². The number of benzene rings is 2. The summed E-state index contributed by atoms with van der Waals surface area (Å²) in [6.07, 6.45) is 0. The lowest BCUT2D eigenvalue weighted by atomic mass is 10.1. The molecule has 2 aromatic carbocycles. The van der Waals surface area contributed by atoms with Gasteiger partial charge in [-0.2, -0.15) is 0 Å². The summed E-state index contributed by atoms with van der Waals surface area (Å²) in [4.78, 5) is 29.1. The third-order valence-electron chi connectivity index (χ3n) is 4.14. The van der Waals surface area contributed by atoms with Crippen LogP contribution in [-0.4, -0.2) is 42.4 Å². The molecule has 1 aliphatic heterocycles. The Bertz CT molecular complexity index is 808. The first-order chi connectivity index (χ1) is 13.1. The molecule has 8 heteroatoms. The van der Waals surface area contributed by atoms with Crippen molar-refractivity contribution in [2.45, 2.75) is 13.5 Å². The largest absolute Gasteiger partial charge is 0.354 e. The number of amides is 3. The molecule has 0 radical (unpaired) electrons. The van der Waals surface area contributed by atoms with E-state index in [1.54, 1.807) is 0 Å². The monoisotopic (exact) mass is 493 g/mol. The van der Waals surface area contributed by atoms with Crippen LogP contribution in [0.15, 0.2) is 59.6 Å². The van der Waals surface area contributed by atoms with E-state index in [2.05, 4.69) is 33.1 Å². The number of hydrogen-bond donors (Lipinski definition) is 3. The van der Waals surface area contributed by atoms with E-state index in [-0.39, 0.29) is 49.0 Å². The van der Waals surface area contributed by atoms with E-state index in [1.807, 2.05) is 49.4 Å². The third-order valence-corrected chi connectivity index (χ3v) is 4.14. The van der Waals surface area contributed by atoms with Crippen LogP contribution in [0.4, 0.5) is 10.5 Å². The highest BCUT2D eigenvalue weighted by atomic mass is 127. The highest BCUT2D eigenvalue weighted by molar-refractivity contribution is 14.0. The van der Waals surface area contributed by atoms with Crippen molar-refractivity contribution < 1.29 is 9.59 Å². The molecule has 0 aromatic heterocycles. The number of carbonyl (C=O) groups excluding carboxylic acids is 2. The first kappa shape index (κ1) is 21.7. The molecule has 0 saturated carbocycles. The van der Waals surface area contributed by atoms with Crippen molar-refractivity contribution in [3.8, 4) is 0 Å². The van der Waals surface area contributed by atoms with Crippen molar-refractivity contribution in [2.75, 3.05) is 25.0 Å². The molecule has 7 nitrogen and oxygen atoms in total. The molecule has 0 atom stereocenters. The predicted octanol–water partition coefficient (Wildman–Crippen LogP) is 2.72. The molecule has 0 bridgehead atoms. The molecule has 3 amide bonds. The minimum absolute atomic E-state index is 0. The smallest absolute Gasteiger partial charge is 0.324 e. The number of carbonyl (C=O) groups is 2. The minimum Gasteiger partial charge on any atom is -0.354 e. The van der Waals surface area contributed by atoms with E-state index in [0.717, 1.165) is 11.3 Å². The number of urea groups is 1. The Morgan fingerprint density at radius 3 is 2.46 bits per heavy atom. The van der Waals surface area contributed by atoms with Crippen molar-refractivity contribution in [1.82, 2.24) is 15.5 Å². The van der Waals surface area contributed by atoms with Gasteiger partial charge in [0, 0.05) is 18.8 Å². The van der Waals surface area contributed by atoms with E-state index >= 15 is 0 Å². The van der Waals surface area contributed by atoms with Gasteiger partial charge in [0.1, 0.15) is 0 Å². The van der Waals surface area contributed by atoms with E-state index in [4.69, 9.17) is 0 Å². The van der Waals surface area contributed by atoms with Gasteiger partial charge in [-0.3, -0.25) is 9.69 Å². The molecule has 3 rings (SSSR count). The number of imide groups is 1. The van der Waals surface area contributed by atoms with Gasteiger partial charge >= 0.3 is 6.03 Å². The van der Waals surface area contributed by atoms with Crippen LogP contribution in [0.3, 0.4) is 0 Å². The average Bonchev–Trinajstić information content (AvgIpc) is 3.00. The normalized spacial score (nSPS) is 13.8. The third kappa shape index (κ3) is 6.22. The maximum Gasteiger partial charge on any atom is 0.324 e. The topological polar surface area (TPSA) is 85.8 Å². The fourth-order valence-corrected chi connectivity index (χ4v) is 2.63. The lowest BCUT2D eigenvalue weighted by Crippen LogP contribution is -2.40. The van der Waals surface area contributed by atoms with Crippen LogP contribution in [0.1, 0.15) is 11.1 Å². The highest BCUT2D eigenvalue weighted by Crippen LogP contribution is 2.07. The second-order valence-corrected chi connectivity index (χ2v) is 6.27. The second-order valence-electron chi connectivity index (χ2n) is 6.27. The Balaban J connectivity index is 0.00000280. The Morgan fingerprint density at radius 2 is 1.82 bits per heavy atom. The summed E-state index contributed by atoms with van der Waals surface area (Å²) in [6.45, 7) is 3.32. The number of rotatable bonds is 6. The van der Waals surface area contributed by atoms with Gasteiger partial charge in [0.05, 0.1) is 13.1 Å².